The topological polar surface area (TPSA) is 67.8 Å². The average molecular weight is 336 g/mol. The number of Topliss-reactive ketones (excluding diaryl/α,β-unsaturated/α-hetero) is 1. The molecule has 0 bridgehead atoms. The van der Waals surface area contributed by atoms with Gasteiger partial charge in [-0.05, 0) is 19.4 Å². The third-order valence-corrected chi connectivity index (χ3v) is 4.20. The van der Waals surface area contributed by atoms with E-state index in [2.05, 4.69) is 10.5 Å². The lowest BCUT2D eigenvalue weighted by Crippen LogP contribution is -2.38. The SMILES string of the molecule is CCOC(=O)[C@H]1NN=C(C(=O)c2ccccc2)[C@@H]1c1ccc(C)cc1. The van der Waals surface area contributed by atoms with Crippen molar-refractivity contribution in [3.63, 3.8) is 0 Å². The second-order valence-corrected chi connectivity index (χ2v) is 5.94. The van der Waals surface area contributed by atoms with Gasteiger partial charge in [0.1, 0.15) is 5.71 Å². The van der Waals surface area contributed by atoms with Crippen LogP contribution in [-0.2, 0) is 9.53 Å². The highest BCUT2D eigenvalue weighted by Crippen LogP contribution is 2.29. The number of aryl methyl sites for hydroxylation is 1. The molecule has 0 radical (unpaired) electrons. The molecule has 5 heteroatoms. The molecule has 0 unspecified atom stereocenters. The summed E-state index contributed by atoms with van der Waals surface area (Å²) in [4.78, 5) is 25.2. The molecule has 0 aliphatic carbocycles. The first-order chi connectivity index (χ1) is 12.1. The van der Waals surface area contributed by atoms with E-state index in [9.17, 15) is 9.59 Å². The predicted octanol–water partition coefficient (Wildman–Crippen LogP) is 2.85. The highest BCUT2D eigenvalue weighted by molar-refractivity contribution is 6.48. The number of carbonyl (C=O) groups is 2. The number of hydrazone groups is 1. The van der Waals surface area contributed by atoms with Crippen LogP contribution in [0.3, 0.4) is 0 Å². The third kappa shape index (κ3) is 3.45. The number of ketones is 1. The average Bonchev–Trinajstić information content (AvgIpc) is 3.08. The number of benzene rings is 2. The first-order valence-electron chi connectivity index (χ1n) is 8.28. The lowest BCUT2D eigenvalue weighted by atomic mass is 9.85. The summed E-state index contributed by atoms with van der Waals surface area (Å²) >= 11 is 0. The van der Waals surface area contributed by atoms with E-state index in [0.29, 0.717) is 11.3 Å². The van der Waals surface area contributed by atoms with Gasteiger partial charge in [-0.1, -0.05) is 60.2 Å². The first kappa shape index (κ1) is 16.9. The maximum absolute atomic E-state index is 12.9. The first-order valence-corrected chi connectivity index (χ1v) is 8.28. The minimum absolute atomic E-state index is 0.189. The molecule has 3 rings (SSSR count). The van der Waals surface area contributed by atoms with Gasteiger partial charge in [-0.3, -0.25) is 10.2 Å². The standard InChI is InChI=1S/C20H20N2O3/c1-3-25-20(24)18-16(14-11-9-13(2)10-12-14)17(21-22-18)19(23)15-7-5-4-6-8-15/h4-12,16,18,22H,3H2,1-2H3/t16-,18-/m0/s1. The van der Waals surface area contributed by atoms with Crippen LogP contribution in [0.1, 0.15) is 34.3 Å². The largest absolute Gasteiger partial charge is 0.464 e. The molecule has 128 valence electrons. The fourth-order valence-corrected chi connectivity index (χ4v) is 2.92. The second-order valence-electron chi connectivity index (χ2n) is 5.94. The van der Waals surface area contributed by atoms with E-state index < -0.39 is 17.9 Å². The highest BCUT2D eigenvalue weighted by atomic mass is 16.5. The molecule has 25 heavy (non-hydrogen) atoms. The molecule has 2 atom stereocenters. The molecule has 1 aliphatic heterocycles. The maximum Gasteiger partial charge on any atom is 0.331 e. The van der Waals surface area contributed by atoms with Crippen LogP contribution in [0.25, 0.3) is 0 Å². The Kier molecular flexibility index (Phi) is 4.93. The molecule has 0 spiro atoms. The number of ether oxygens (including phenoxy) is 1. The van der Waals surface area contributed by atoms with Crippen LogP contribution < -0.4 is 5.43 Å². The van der Waals surface area contributed by atoms with E-state index >= 15 is 0 Å². The minimum atomic E-state index is -0.703. The summed E-state index contributed by atoms with van der Waals surface area (Å²) in [7, 11) is 0. The van der Waals surface area contributed by atoms with E-state index in [1.165, 1.54) is 0 Å². The Hall–Kier alpha value is -2.95. The van der Waals surface area contributed by atoms with E-state index in [0.717, 1.165) is 11.1 Å². The fourth-order valence-electron chi connectivity index (χ4n) is 2.92. The van der Waals surface area contributed by atoms with Gasteiger partial charge in [-0.25, -0.2) is 4.79 Å². The summed E-state index contributed by atoms with van der Waals surface area (Å²) in [5.41, 5.74) is 5.64. The van der Waals surface area contributed by atoms with E-state index in [1.54, 1.807) is 31.2 Å². The van der Waals surface area contributed by atoms with Crippen molar-refractivity contribution in [3.05, 3.63) is 71.3 Å². The summed E-state index contributed by atoms with van der Waals surface area (Å²) < 4.78 is 5.15. The Bertz CT molecular complexity index is 797. The van der Waals surface area contributed by atoms with Crippen LogP contribution in [0.15, 0.2) is 59.7 Å². The lowest BCUT2D eigenvalue weighted by Gasteiger charge is -2.19. The molecule has 5 nitrogen and oxygen atoms in total. The molecule has 2 aromatic carbocycles. The van der Waals surface area contributed by atoms with Gasteiger partial charge in [0.2, 0.25) is 5.78 Å². The van der Waals surface area contributed by atoms with Crippen molar-refractivity contribution >= 4 is 17.5 Å². The molecule has 1 aliphatic rings. The van der Waals surface area contributed by atoms with Crippen molar-refractivity contribution < 1.29 is 14.3 Å². The maximum atomic E-state index is 12.9. The number of hydrogen-bond acceptors (Lipinski definition) is 5. The van der Waals surface area contributed by atoms with Gasteiger partial charge >= 0.3 is 5.97 Å². The number of rotatable bonds is 5. The summed E-state index contributed by atoms with van der Waals surface area (Å²) in [5.74, 6) is -1.08. The summed E-state index contributed by atoms with van der Waals surface area (Å²) in [6.07, 6.45) is 0. The van der Waals surface area contributed by atoms with Crippen molar-refractivity contribution in [2.75, 3.05) is 6.61 Å². The molecule has 1 N–H and O–H groups in total. The Morgan fingerprint density at radius 3 is 2.40 bits per heavy atom. The zero-order valence-electron chi connectivity index (χ0n) is 14.2. The van der Waals surface area contributed by atoms with E-state index in [-0.39, 0.29) is 12.4 Å². The Morgan fingerprint density at radius 1 is 1.08 bits per heavy atom. The van der Waals surface area contributed by atoms with Crippen LogP contribution in [0.4, 0.5) is 0 Å². The summed E-state index contributed by atoms with van der Waals surface area (Å²) in [5, 5.41) is 4.19. The second kappa shape index (κ2) is 7.30. The highest BCUT2D eigenvalue weighted by Gasteiger charge is 2.41. The van der Waals surface area contributed by atoms with Gasteiger partial charge in [0.05, 0.1) is 12.5 Å². The Labute approximate surface area is 146 Å². The van der Waals surface area contributed by atoms with Gasteiger partial charge in [-0.15, -0.1) is 0 Å². The number of hydrogen-bond donors (Lipinski definition) is 1. The monoisotopic (exact) mass is 336 g/mol. The summed E-state index contributed by atoms with van der Waals surface area (Å²) in [6.45, 7) is 4.02. The van der Waals surface area contributed by atoms with E-state index in [1.807, 2.05) is 37.3 Å². The van der Waals surface area contributed by atoms with Crippen LogP contribution >= 0.6 is 0 Å². The van der Waals surface area contributed by atoms with Crippen LogP contribution in [0.2, 0.25) is 0 Å². The van der Waals surface area contributed by atoms with Gasteiger partial charge in [-0.2, -0.15) is 5.10 Å². The normalized spacial score (nSPS) is 19.0. The molecule has 0 saturated heterocycles. The number of nitrogens with one attached hydrogen (secondary N) is 1. The Balaban J connectivity index is 1.97. The molecule has 0 saturated carbocycles. The molecule has 0 aromatic heterocycles. The van der Waals surface area contributed by atoms with Crippen LogP contribution in [-0.4, -0.2) is 30.1 Å². The van der Waals surface area contributed by atoms with Gasteiger partial charge < -0.3 is 4.74 Å². The third-order valence-electron chi connectivity index (χ3n) is 4.20. The van der Waals surface area contributed by atoms with Crippen molar-refractivity contribution in [1.29, 1.82) is 0 Å². The number of carbonyl (C=O) groups excluding carboxylic acids is 2. The van der Waals surface area contributed by atoms with Crippen molar-refractivity contribution in [3.8, 4) is 0 Å². The molecular formula is C20H20N2O3. The minimum Gasteiger partial charge on any atom is -0.464 e. The summed E-state index contributed by atoms with van der Waals surface area (Å²) in [6, 6.07) is 16.0. The fraction of sp³-hybridized carbons (Fsp3) is 0.250. The Morgan fingerprint density at radius 2 is 1.76 bits per heavy atom. The lowest BCUT2D eigenvalue weighted by molar-refractivity contribution is -0.145. The molecule has 2 aromatic rings. The van der Waals surface area contributed by atoms with E-state index in [4.69, 9.17) is 4.74 Å². The van der Waals surface area contributed by atoms with Crippen LogP contribution in [0.5, 0.6) is 0 Å². The zero-order valence-corrected chi connectivity index (χ0v) is 14.2. The molecule has 0 fully saturated rings. The van der Waals surface area contributed by atoms with Gasteiger partial charge in [0, 0.05) is 5.56 Å². The van der Waals surface area contributed by atoms with Crippen molar-refractivity contribution in [2.24, 2.45) is 5.10 Å². The molecular weight excluding hydrogens is 316 g/mol. The zero-order chi connectivity index (χ0) is 17.8. The van der Waals surface area contributed by atoms with Crippen LogP contribution in [0, 0.1) is 6.92 Å². The smallest absolute Gasteiger partial charge is 0.331 e. The van der Waals surface area contributed by atoms with Crippen molar-refractivity contribution in [2.45, 2.75) is 25.8 Å². The molecule has 0 amide bonds. The molecule has 1 heterocycles. The van der Waals surface area contributed by atoms with Gasteiger partial charge in [0.25, 0.3) is 0 Å². The predicted molar refractivity (Wildman–Crippen MR) is 95.7 cm³/mol. The number of esters is 1. The number of nitrogens with zero attached hydrogens (tertiary/aromatic N) is 1. The van der Waals surface area contributed by atoms with Crippen molar-refractivity contribution in [1.82, 2.24) is 5.43 Å². The van der Waals surface area contributed by atoms with Gasteiger partial charge in [0.15, 0.2) is 6.04 Å². The quantitative estimate of drug-likeness (QED) is 0.673.